The maximum absolute atomic E-state index is 12.3. The predicted octanol–water partition coefficient (Wildman–Crippen LogP) is 5.03. The van der Waals surface area contributed by atoms with Gasteiger partial charge in [0.2, 0.25) is 0 Å². The smallest absolute Gasteiger partial charge is 0.315 e. The van der Waals surface area contributed by atoms with Crippen LogP contribution in [0.5, 0.6) is 5.75 Å². The van der Waals surface area contributed by atoms with Crippen LogP contribution in [0.3, 0.4) is 0 Å². The van der Waals surface area contributed by atoms with Crippen LogP contribution in [0.25, 0.3) is 0 Å². The van der Waals surface area contributed by atoms with Crippen molar-refractivity contribution in [3.8, 4) is 5.75 Å². The Labute approximate surface area is 184 Å². The molecule has 5 rings (SSSR count). The number of nitrogens with one attached hydrogen (secondary N) is 2. The molecule has 0 radical (unpaired) electrons. The fourth-order valence-corrected chi connectivity index (χ4v) is 5.96. The lowest BCUT2D eigenvalue weighted by atomic mass is 9.84. The molecule has 5 heteroatoms. The third-order valence-corrected chi connectivity index (χ3v) is 7.64. The van der Waals surface area contributed by atoms with Gasteiger partial charge in [0.15, 0.2) is 0 Å². The number of benzene rings is 2. The first-order valence-corrected chi connectivity index (χ1v) is 11.8. The SMILES string of the molecule is O=C(NCc1ccccc1O)NC1CCC(CCN2C3CCC2c2ccccc23)CC1. The summed E-state index contributed by atoms with van der Waals surface area (Å²) in [6, 6.07) is 17.5. The van der Waals surface area contributed by atoms with Crippen molar-refractivity contribution < 1.29 is 9.90 Å². The van der Waals surface area contributed by atoms with Gasteiger partial charge in [-0.2, -0.15) is 0 Å². The van der Waals surface area contributed by atoms with Crippen LogP contribution in [0.1, 0.15) is 73.7 Å². The molecule has 2 unspecified atom stereocenters. The Kier molecular flexibility index (Phi) is 5.86. The first-order chi connectivity index (χ1) is 15.2. The zero-order valence-corrected chi connectivity index (χ0v) is 18.1. The number of hydrogen-bond donors (Lipinski definition) is 3. The monoisotopic (exact) mass is 419 g/mol. The molecule has 1 aliphatic carbocycles. The van der Waals surface area contributed by atoms with Crippen molar-refractivity contribution in [2.45, 2.75) is 69.6 Å². The van der Waals surface area contributed by atoms with Crippen molar-refractivity contribution in [1.82, 2.24) is 15.5 Å². The molecule has 2 heterocycles. The van der Waals surface area contributed by atoms with E-state index in [2.05, 4.69) is 39.8 Å². The largest absolute Gasteiger partial charge is 0.508 e. The zero-order chi connectivity index (χ0) is 21.2. The Morgan fingerprint density at radius 2 is 1.55 bits per heavy atom. The summed E-state index contributed by atoms with van der Waals surface area (Å²) >= 11 is 0. The van der Waals surface area contributed by atoms with Crippen LogP contribution in [-0.4, -0.2) is 28.6 Å². The van der Waals surface area contributed by atoms with Gasteiger partial charge in [-0.15, -0.1) is 0 Å². The van der Waals surface area contributed by atoms with Gasteiger partial charge < -0.3 is 15.7 Å². The van der Waals surface area contributed by atoms with E-state index < -0.39 is 0 Å². The first kappa shape index (κ1) is 20.4. The Hall–Kier alpha value is -2.53. The van der Waals surface area contributed by atoms with Crippen molar-refractivity contribution >= 4 is 6.03 Å². The van der Waals surface area contributed by atoms with Crippen LogP contribution in [0.4, 0.5) is 4.79 Å². The number of hydrogen-bond acceptors (Lipinski definition) is 3. The van der Waals surface area contributed by atoms with Gasteiger partial charge in [-0.1, -0.05) is 42.5 Å². The highest BCUT2D eigenvalue weighted by Crippen LogP contribution is 2.53. The van der Waals surface area contributed by atoms with Crippen LogP contribution in [0.2, 0.25) is 0 Å². The van der Waals surface area contributed by atoms with E-state index in [1.165, 1.54) is 38.6 Å². The number of carbonyl (C=O) groups excluding carboxylic acids is 1. The second kappa shape index (κ2) is 8.91. The number of nitrogens with zero attached hydrogens (tertiary/aromatic N) is 1. The zero-order valence-electron chi connectivity index (χ0n) is 18.1. The Morgan fingerprint density at radius 3 is 2.23 bits per heavy atom. The van der Waals surface area contributed by atoms with E-state index in [-0.39, 0.29) is 17.8 Å². The summed E-state index contributed by atoms with van der Waals surface area (Å²) in [5, 5.41) is 15.8. The minimum atomic E-state index is -0.141. The maximum Gasteiger partial charge on any atom is 0.315 e. The third kappa shape index (κ3) is 4.29. The van der Waals surface area contributed by atoms with Gasteiger partial charge in [-0.05, 0) is 74.6 Å². The summed E-state index contributed by atoms with van der Waals surface area (Å²) in [5.41, 5.74) is 3.88. The summed E-state index contributed by atoms with van der Waals surface area (Å²) in [5.74, 6) is 0.989. The molecule has 164 valence electrons. The second-order valence-electron chi connectivity index (χ2n) is 9.44. The molecule has 2 aliphatic heterocycles. The topological polar surface area (TPSA) is 64.6 Å². The molecule has 2 atom stereocenters. The number of rotatable bonds is 6. The summed E-state index contributed by atoms with van der Waals surface area (Å²) in [6.45, 7) is 1.54. The normalized spacial score (nSPS) is 27.1. The van der Waals surface area contributed by atoms with Gasteiger partial charge >= 0.3 is 6.03 Å². The van der Waals surface area contributed by atoms with Crippen molar-refractivity contribution in [1.29, 1.82) is 0 Å². The number of carbonyl (C=O) groups is 1. The average Bonchev–Trinajstić information content (AvgIpc) is 3.34. The molecule has 0 spiro atoms. The molecule has 2 aromatic carbocycles. The van der Waals surface area contributed by atoms with E-state index in [0.717, 1.165) is 24.3 Å². The molecule has 0 aromatic heterocycles. The lowest BCUT2D eigenvalue weighted by Crippen LogP contribution is -2.43. The van der Waals surface area contributed by atoms with Gasteiger partial charge in [0.1, 0.15) is 5.75 Å². The highest BCUT2D eigenvalue weighted by atomic mass is 16.3. The quantitative estimate of drug-likeness (QED) is 0.615. The molecular formula is C26H33N3O2. The summed E-state index contributed by atoms with van der Waals surface area (Å²) in [7, 11) is 0. The van der Waals surface area contributed by atoms with Gasteiger partial charge in [0, 0.05) is 30.2 Å². The molecule has 2 aromatic rings. The van der Waals surface area contributed by atoms with E-state index in [0.29, 0.717) is 18.6 Å². The van der Waals surface area contributed by atoms with E-state index in [1.807, 2.05) is 12.1 Å². The predicted molar refractivity (Wildman–Crippen MR) is 122 cm³/mol. The fourth-order valence-electron chi connectivity index (χ4n) is 5.96. The van der Waals surface area contributed by atoms with E-state index >= 15 is 0 Å². The molecule has 31 heavy (non-hydrogen) atoms. The Balaban J connectivity index is 1.03. The van der Waals surface area contributed by atoms with Crippen LogP contribution >= 0.6 is 0 Å². The van der Waals surface area contributed by atoms with Gasteiger partial charge in [-0.25, -0.2) is 4.79 Å². The second-order valence-corrected chi connectivity index (χ2v) is 9.44. The van der Waals surface area contributed by atoms with Crippen LogP contribution in [0, 0.1) is 5.92 Å². The fraction of sp³-hybridized carbons (Fsp3) is 0.500. The number of urea groups is 1. The van der Waals surface area contributed by atoms with Gasteiger partial charge in [-0.3, -0.25) is 4.90 Å². The number of aromatic hydroxyl groups is 1. The molecule has 3 N–H and O–H groups in total. The third-order valence-electron chi connectivity index (χ3n) is 7.64. The lowest BCUT2D eigenvalue weighted by molar-refractivity contribution is 0.185. The molecule has 1 saturated carbocycles. The molecule has 2 amide bonds. The number of fused-ring (bicyclic) bond motifs is 5. The standard InChI is InChI=1S/C26H33N3O2/c30-25-8-4-1-5-19(25)17-27-26(31)28-20-11-9-18(10-12-20)15-16-29-23-13-14-24(29)22-7-3-2-6-21(22)23/h1-8,18,20,23-24,30H,9-17H2,(H2,27,28,31). The number of amides is 2. The van der Waals surface area contributed by atoms with Crippen molar-refractivity contribution in [3.63, 3.8) is 0 Å². The highest BCUT2D eigenvalue weighted by Gasteiger charge is 2.43. The molecule has 3 aliphatic rings. The summed E-state index contributed by atoms with van der Waals surface area (Å²) in [4.78, 5) is 15.0. The van der Waals surface area contributed by atoms with E-state index in [9.17, 15) is 9.90 Å². The average molecular weight is 420 g/mol. The number of para-hydroxylation sites is 1. The Bertz CT molecular complexity index is 891. The number of phenols is 1. The van der Waals surface area contributed by atoms with Crippen LogP contribution in [-0.2, 0) is 6.54 Å². The molecule has 1 saturated heterocycles. The molecule has 2 fully saturated rings. The summed E-state index contributed by atoms with van der Waals surface area (Å²) in [6.07, 6.45) is 8.40. The van der Waals surface area contributed by atoms with Crippen molar-refractivity contribution in [2.24, 2.45) is 5.92 Å². The van der Waals surface area contributed by atoms with Crippen LogP contribution in [0.15, 0.2) is 48.5 Å². The highest BCUT2D eigenvalue weighted by molar-refractivity contribution is 5.74. The van der Waals surface area contributed by atoms with E-state index in [4.69, 9.17) is 0 Å². The van der Waals surface area contributed by atoms with E-state index in [1.54, 1.807) is 23.3 Å². The molecule has 2 bridgehead atoms. The van der Waals surface area contributed by atoms with Gasteiger partial charge in [0.05, 0.1) is 0 Å². The minimum absolute atomic E-state index is 0.141. The lowest BCUT2D eigenvalue weighted by Gasteiger charge is -2.31. The minimum Gasteiger partial charge on any atom is -0.508 e. The summed E-state index contributed by atoms with van der Waals surface area (Å²) < 4.78 is 0. The van der Waals surface area contributed by atoms with Crippen LogP contribution < -0.4 is 10.6 Å². The number of phenolic OH excluding ortho intramolecular Hbond substituents is 1. The van der Waals surface area contributed by atoms with Gasteiger partial charge in [0.25, 0.3) is 0 Å². The molecular weight excluding hydrogens is 386 g/mol. The van der Waals surface area contributed by atoms with Crippen molar-refractivity contribution in [3.05, 3.63) is 65.2 Å². The van der Waals surface area contributed by atoms with Crippen molar-refractivity contribution in [2.75, 3.05) is 6.54 Å². The maximum atomic E-state index is 12.3. The first-order valence-electron chi connectivity index (χ1n) is 11.8. The molecule has 5 nitrogen and oxygen atoms in total. The Morgan fingerprint density at radius 1 is 0.903 bits per heavy atom.